The number of aryl methyl sites for hydroxylation is 1. The lowest BCUT2D eigenvalue weighted by Crippen LogP contribution is -2.41. The number of hydrogen-bond donors (Lipinski definition) is 2. The number of rotatable bonds is 8. The highest BCUT2D eigenvalue weighted by atomic mass is 19.3. The maximum absolute atomic E-state index is 15.4. The van der Waals surface area contributed by atoms with Crippen LogP contribution in [0.25, 0.3) is 10.8 Å². The lowest BCUT2D eigenvalue weighted by molar-refractivity contribution is -0.170. The summed E-state index contributed by atoms with van der Waals surface area (Å²) in [5.41, 5.74) is -1.87. The molecule has 0 saturated heterocycles. The van der Waals surface area contributed by atoms with Crippen LogP contribution in [0.1, 0.15) is 63.0 Å². The predicted octanol–water partition coefficient (Wildman–Crippen LogP) is 5.38. The minimum atomic E-state index is -3.81. The van der Waals surface area contributed by atoms with Gasteiger partial charge in [-0.2, -0.15) is 13.9 Å². The number of aromatic nitrogens is 2. The van der Waals surface area contributed by atoms with E-state index < -0.39 is 34.4 Å². The highest BCUT2D eigenvalue weighted by molar-refractivity contribution is 6.11. The Morgan fingerprint density at radius 1 is 1.18 bits per heavy atom. The first kappa shape index (κ1) is 27.8. The third kappa shape index (κ3) is 4.39. The van der Waals surface area contributed by atoms with Gasteiger partial charge in [0, 0.05) is 35.7 Å². The molecule has 0 bridgehead atoms. The van der Waals surface area contributed by atoms with Crippen molar-refractivity contribution in [1.82, 2.24) is 10.2 Å². The number of fused-ring (bicyclic) bond motifs is 2. The Hall–Kier alpha value is -3.24. The second-order valence-electron chi connectivity index (χ2n) is 10.8. The standard InChI is InChI=1S/C28H33F3N4O3/c1-15(17-9-8-10-20(23(17)29)28(30,31)27(5,6)37)32-24-19-14-22-21(13-18(19)16(2)33-34-24)26(3,4)25(36)35(22)11-12-38-7/h8-10,13-15,37H,11-12H2,1-7H3,(H,32,34). The number of anilines is 2. The maximum atomic E-state index is 15.4. The van der Waals surface area contributed by atoms with Crippen LogP contribution in [-0.2, 0) is 20.9 Å². The third-order valence-electron chi connectivity index (χ3n) is 7.30. The number of halogens is 3. The van der Waals surface area contributed by atoms with E-state index in [1.807, 2.05) is 32.9 Å². The number of aliphatic hydroxyl groups is 1. The molecule has 0 radical (unpaired) electrons. The third-order valence-corrected chi connectivity index (χ3v) is 7.30. The summed E-state index contributed by atoms with van der Waals surface area (Å²) in [4.78, 5) is 14.9. The van der Waals surface area contributed by atoms with Gasteiger partial charge >= 0.3 is 5.92 Å². The van der Waals surface area contributed by atoms with Gasteiger partial charge in [-0.1, -0.05) is 12.1 Å². The average Bonchev–Trinajstić information content (AvgIpc) is 3.02. The molecular weight excluding hydrogens is 497 g/mol. The van der Waals surface area contributed by atoms with Gasteiger partial charge in [0.05, 0.1) is 29.3 Å². The molecule has 38 heavy (non-hydrogen) atoms. The van der Waals surface area contributed by atoms with Gasteiger partial charge in [0.25, 0.3) is 0 Å². The molecule has 2 N–H and O–H groups in total. The zero-order chi connectivity index (χ0) is 28.2. The molecule has 0 saturated carbocycles. The van der Waals surface area contributed by atoms with E-state index >= 15 is 4.39 Å². The minimum absolute atomic E-state index is 0.0128. The monoisotopic (exact) mass is 530 g/mol. The van der Waals surface area contributed by atoms with Crippen molar-refractivity contribution in [3.05, 3.63) is 58.5 Å². The first-order valence-corrected chi connectivity index (χ1v) is 12.4. The smallest absolute Gasteiger partial charge is 0.303 e. The number of carbonyl (C=O) groups is 1. The quantitative estimate of drug-likeness (QED) is 0.407. The summed E-state index contributed by atoms with van der Waals surface area (Å²) in [6.07, 6.45) is 0. The van der Waals surface area contributed by atoms with Crippen LogP contribution in [0.3, 0.4) is 0 Å². The van der Waals surface area contributed by atoms with Crippen molar-refractivity contribution in [2.75, 3.05) is 30.5 Å². The Labute approximate surface area is 220 Å². The number of nitrogens with zero attached hydrogens (tertiary/aromatic N) is 3. The number of ether oxygens (including phenoxy) is 1. The number of benzene rings is 2. The van der Waals surface area contributed by atoms with E-state index in [1.165, 1.54) is 12.1 Å². The highest BCUT2D eigenvalue weighted by Gasteiger charge is 2.49. The molecule has 0 fully saturated rings. The Morgan fingerprint density at radius 2 is 1.87 bits per heavy atom. The van der Waals surface area contributed by atoms with Gasteiger partial charge in [-0.05, 0) is 65.3 Å². The fourth-order valence-corrected chi connectivity index (χ4v) is 4.85. The second-order valence-corrected chi connectivity index (χ2v) is 10.8. The number of carbonyl (C=O) groups excluding carboxylic acids is 1. The van der Waals surface area contributed by atoms with Crippen LogP contribution in [0.2, 0.25) is 0 Å². The first-order chi connectivity index (χ1) is 17.6. The molecule has 2 heterocycles. The number of hydrogen-bond acceptors (Lipinski definition) is 6. The Bertz CT molecular complexity index is 1400. The van der Waals surface area contributed by atoms with E-state index in [4.69, 9.17) is 4.74 Å². The van der Waals surface area contributed by atoms with E-state index in [0.717, 1.165) is 36.6 Å². The summed E-state index contributed by atoms with van der Waals surface area (Å²) in [5, 5.41) is 23.0. The summed E-state index contributed by atoms with van der Waals surface area (Å²) in [6, 6.07) is 6.73. The van der Waals surface area contributed by atoms with Crippen LogP contribution in [0.4, 0.5) is 24.7 Å². The lowest BCUT2D eigenvalue weighted by atomic mass is 9.85. The summed E-state index contributed by atoms with van der Waals surface area (Å²) in [6.45, 7) is 9.80. The van der Waals surface area contributed by atoms with Crippen molar-refractivity contribution < 1.29 is 27.8 Å². The predicted molar refractivity (Wildman–Crippen MR) is 140 cm³/mol. The lowest BCUT2D eigenvalue weighted by Gasteiger charge is -2.30. The fraction of sp³-hybridized carbons (Fsp3) is 0.464. The normalized spacial score (nSPS) is 16.2. The van der Waals surface area contributed by atoms with Crippen molar-refractivity contribution in [3.63, 3.8) is 0 Å². The number of nitrogens with one attached hydrogen (secondary N) is 1. The Morgan fingerprint density at radius 3 is 2.50 bits per heavy atom. The van der Waals surface area contributed by atoms with E-state index in [-0.39, 0.29) is 11.5 Å². The van der Waals surface area contributed by atoms with E-state index in [1.54, 1.807) is 18.9 Å². The van der Waals surface area contributed by atoms with Crippen molar-refractivity contribution in [1.29, 1.82) is 0 Å². The molecule has 204 valence electrons. The molecule has 1 amide bonds. The highest BCUT2D eigenvalue weighted by Crippen LogP contribution is 2.45. The molecule has 1 atom stereocenters. The van der Waals surface area contributed by atoms with Crippen molar-refractivity contribution in [3.8, 4) is 0 Å². The molecule has 1 aliphatic heterocycles. The van der Waals surface area contributed by atoms with Crippen LogP contribution < -0.4 is 10.2 Å². The number of alkyl halides is 2. The van der Waals surface area contributed by atoms with Crippen molar-refractivity contribution in [2.24, 2.45) is 0 Å². The van der Waals surface area contributed by atoms with Crippen LogP contribution in [-0.4, -0.2) is 47.1 Å². The topological polar surface area (TPSA) is 87.6 Å². The van der Waals surface area contributed by atoms with Gasteiger partial charge in [-0.15, -0.1) is 5.10 Å². The van der Waals surface area contributed by atoms with Crippen molar-refractivity contribution in [2.45, 2.75) is 64.5 Å². The second kappa shape index (κ2) is 9.50. The van der Waals surface area contributed by atoms with Gasteiger partial charge in [0.1, 0.15) is 11.4 Å². The molecule has 0 spiro atoms. The average molecular weight is 531 g/mol. The fourth-order valence-electron chi connectivity index (χ4n) is 4.85. The SMILES string of the molecule is COCCN1C(=O)C(C)(C)c2cc3c(C)nnc(NC(C)c4cccc(C(F)(F)C(C)(C)O)c4F)c3cc21. The van der Waals surface area contributed by atoms with Crippen LogP contribution in [0.5, 0.6) is 0 Å². The molecule has 0 aliphatic carbocycles. The molecule has 10 heteroatoms. The largest absolute Gasteiger partial charge is 0.384 e. The summed E-state index contributed by atoms with van der Waals surface area (Å²) in [7, 11) is 1.57. The first-order valence-electron chi connectivity index (χ1n) is 12.4. The molecule has 4 rings (SSSR count). The molecule has 1 aliphatic rings. The summed E-state index contributed by atoms with van der Waals surface area (Å²) >= 11 is 0. The summed E-state index contributed by atoms with van der Waals surface area (Å²) < 4.78 is 50.2. The van der Waals surface area contributed by atoms with Crippen LogP contribution >= 0.6 is 0 Å². The molecular formula is C28H33F3N4O3. The number of amides is 1. The van der Waals surface area contributed by atoms with Crippen LogP contribution in [0, 0.1) is 12.7 Å². The van der Waals surface area contributed by atoms with E-state index in [9.17, 15) is 18.7 Å². The van der Waals surface area contributed by atoms with Crippen molar-refractivity contribution >= 4 is 28.2 Å². The molecule has 3 aromatic rings. The molecule has 1 unspecified atom stereocenters. The van der Waals surface area contributed by atoms with Crippen LogP contribution in [0.15, 0.2) is 30.3 Å². The van der Waals surface area contributed by atoms with Gasteiger partial charge in [-0.25, -0.2) is 4.39 Å². The Balaban J connectivity index is 1.79. The van der Waals surface area contributed by atoms with Gasteiger partial charge in [0.15, 0.2) is 5.82 Å². The summed E-state index contributed by atoms with van der Waals surface area (Å²) in [5.74, 6) is -4.64. The zero-order valence-corrected chi connectivity index (χ0v) is 22.6. The minimum Gasteiger partial charge on any atom is -0.384 e. The van der Waals surface area contributed by atoms with E-state index in [0.29, 0.717) is 30.0 Å². The molecule has 7 nitrogen and oxygen atoms in total. The van der Waals surface area contributed by atoms with Gasteiger partial charge in [0.2, 0.25) is 5.91 Å². The number of methoxy groups -OCH3 is 1. The Kier molecular flexibility index (Phi) is 6.95. The molecule has 1 aromatic heterocycles. The molecule has 2 aromatic carbocycles. The van der Waals surface area contributed by atoms with Gasteiger partial charge in [-0.3, -0.25) is 4.79 Å². The van der Waals surface area contributed by atoms with E-state index in [2.05, 4.69) is 15.5 Å². The van der Waals surface area contributed by atoms with Gasteiger partial charge < -0.3 is 20.1 Å². The zero-order valence-electron chi connectivity index (χ0n) is 22.6. The maximum Gasteiger partial charge on any atom is 0.303 e.